The molecule has 0 saturated carbocycles. The molecule has 0 N–H and O–H groups in total. The van der Waals surface area contributed by atoms with Crippen LogP contribution in [0.5, 0.6) is 5.75 Å². The molecule has 0 unspecified atom stereocenters. The fourth-order valence-corrected chi connectivity index (χ4v) is 3.06. The molecule has 0 bridgehead atoms. The quantitative estimate of drug-likeness (QED) is 0.158. The fourth-order valence-electron chi connectivity index (χ4n) is 3.06. The molecular weight excluding hydrogens is 510 g/mol. The minimum absolute atomic E-state index is 0. The van der Waals surface area contributed by atoms with Crippen molar-refractivity contribution in [3.63, 3.8) is 0 Å². The predicted octanol–water partition coefficient (Wildman–Crippen LogP) is 4.88. The molecule has 1 aromatic heterocycles. The number of amides is 1. The molecule has 4 rings (SSSR count). The summed E-state index contributed by atoms with van der Waals surface area (Å²) in [5.41, 5.74) is 2.50. The van der Waals surface area contributed by atoms with Gasteiger partial charge in [0.25, 0.3) is 0 Å². The van der Waals surface area contributed by atoms with Gasteiger partial charge < -0.3 is 15.4 Å². The number of carbonyl (C=O) groups is 1. The van der Waals surface area contributed by atoms with Gasteiger partial charge in [-0.3, -0.25) is 14.8 Å². The van der Waals surface area contributed by atoms with Crippen LogP contribution in [0.2, 0.25) is 0 Å². The third kappa shape index (κ3) is 9.30. The molecule has 0 radical (unpaired) electrons. The Hall–Kier alpha value is -3.57. The van der Waals surface area contributed by atoms with Crippen molar-refractivity contribution in [2.75, 3.05) is 14.1 Å². The van der Waals surface area contributed by atoms with Crippen LogP contribution >= 0.6 is 12.2 Å². The van der Waals surface area contributed by atoms with Crippen LogP contribution in [-0.4, -0.2) is 41.8 Å². The van der Waals surface area contributed by atoms with Crippen molar-refractivity contribution in [3.05, 3.63) is 113 Å². The van der Waals surface area contributed by atoms with Crippen molar-refractivity contribution in [1.82, 2.24) is 9.88 Å². The summed E-state index contributed by atoms with van der Waals surface area (Å²) in [5.74, 6) is -0.0275. The molecule has 6 nitrogen and oxygen atoms in total. The monoisotopic (exact) mass is 532 g/mol. The summed E-state index contributed by atoms with van der Waals surface area (Å²) in [6, 6.07) is 26.8. The van der Waals surface area contributed by atoms with Crippen LogP contribution in [0.1, 0.15) is 22.9 Å². The minimum Gasteiger partial charge on any atom is -0.872 e. The van der Waals surface area contributed by atoms with Gasteiger partial charge in [-0.05, 0) is 34.0 Å². The van der Waals surface area contributed by atoms with Gasteiger partial charge in [-0.15, -0.1) is 0 Å². The number of hydrogen-bond donors (Lipinski definition) is 0. The molecule has 1 atom stereocenters. The number of aliphatic imine (C=N–C) groups is 1. The number of benzene rings is 3. The molecule has 1 amide bonds. The van der Waals surface area contributed by atoms with Crippen LogP contribution in [0.25, 0.3) is 16.2 Å². The van der Waals surface area contributed by atoms with Gasteiger partial charge in [-0.25, -0.2) is 0 Å². The van der Waals surface area contributed by atoms with E-state index in [-0.39, 0.29) is 31.3 Å². The van der Waals surface area contributed by atoms with E-state index < -0.39 is 0 Å². The molecule has 0 fully saturated rings. The molecule has 3 aromatic carbocycles. The summed E-state index contributed by atoms with van der Waals surface area (Å²) < 4.78 is 0. The first-order chi connectivity index (χ1) is 16.5. The zero-order valence-electron chi connectivity index (χ0n) is 19.6. The number of pyridine rings is 1. The Kier molecular flexibility index (Phi) is 13.6. The van der Waals surface area contributed by atoms with Crippen LogP contribution in [0.4, 0.5) is 0 Å². The third-order valence-corrected chi connectivity index (χ3v) is 4.58. The van der Waals surface area contributed by atoms with E-state index in [9.17, 15) is 9.90 Å². The van der Waals surface area contributed by atoms with Gasteiger partial charge in [0.1, 0.15) is 6.04 Å². The zero-order chi connectivity index (χ0) is 24.8. The van der Waals surface area contributed by atoms with E-state index in [1.165, 1.54) is 10.1 Å². The van der Waals surface area contributed by atoms with E-state index in [1.807, 2.05) is 78.9 Å². The first-order valence-corrected chi connectivity index (χ1v) is 10.7. The first kappa shape index (κ1) is 29.5. The van der Waals surface area contributed by atoms with E-state index in [2.05, 4.69) is 17.2 Å². The summed E-state index contributed by atoms with van der Waals surface area (Å²) in [4.78, 5) is 20.1. The molecule has 0 spiro atoms. The maximum atomic E-state index is 12.4. The summed E-state index contributed by atoms with van der Waals surface area (Å²) in [7, 11) is 3.38. The molecule has 4 aromatic rings. The van der Waals surface area contributed by atoms with Crippen LogP contribution in [0.3, 0.4) is 0 Å². The number of carbonyl (C=O) groups excluding carboxylic acids is 1. The minimum atomic E-state index is -0.254. The Balaban J connectivity index is 0.000000598. The van der Waals surface area contributed by atoms with Gasteiger partial charge in [-0.2, -0.15) is 5.16 Å². The van der Waals surface area contributed by atoms with Crippen molar-refractivity contribution in [2.24, 2.45) is 4.99 Å². The molecule has 35 heavy (non-hydrogen) atoms. The van der Waals surface area contributed by atoms with Crippen molar-refractivity contribution in [2.45, 2.75) is 6.04 Å². The van der Waals surface area contributed by atoms with Crippen LogP contribution < -0.4 is 5.11 Å². The Morgan fingerprint density at radius 1 is 1.00 bits per heavy atom. The zero-order valence-corrected chi connectivity index (χ0v) is 23.4. The van der Waals surface area contributed by atoms with Crippen molar-refractivity contribution >= 4 is 40.8 Å². The average Bonchev–Trinajstić information content (AvgIpc) is 2.87. The molecule has 172 valence electrons. The average molecular weight is 534 g/mol. The number of nitrogens with zero attached hydrogens (tertiary/aromatic N) is 4. The standard InChI is InChI=1S/C23H18N2O.C3H7NO.CNS.Zn/c26-22-14-13-17-8-4-5-11-19(17)20(22)16-25-23(18-9-2-1-3-10-18)21-12-6-7-15-24-21;1-4(2)3-5;2-1-3;/h1-16,23,26H;3H,1-2H3;;/q;;-1;+2/p-1/t23-;;;/m0.../s1. The number of aromatic nitrogens is 1. The SMILES string of the molecule is CN(C)C=O.[N-]=C=S.[O-]c1ccc2ccccc2c1C=N[C@@H](c1ccccc1)c1ccccn1.[Zn+2]. The first-order valence-electron chi connectivity index (χ1n) is 10.3. The summed E-state index contributed by atoms with van der Waals surface area (Å²) in [6.07, 6.45) is 4.20. The number of fused-ring (bicyclic) bond motifs is 1. The van der Waals surface area contributed by atoms with Gasteiger partial charge in [0.15, 0.2) is 0 Å². The van der Waals surface area contributed by atoms with E-state index in [1.54, 1.807) is 32.6 Å². The molecule has 0 aliphatic rings. The number of hydrogen-bond acceptors (Lipinski definition) is 5. The topological polar surface area (TPSA) is 90.9 Å². The smallest absolute Gasteiger partial charge is 0.872 e. The van der Waals surface area contributed by atoms with Crippen LogP contribution in [-0.2, 0) is 24.3 Å². The second-order valence-corrected chi connectivity index (χ2v) is 7.39. The molecule has 1 heterocycles. The Morgan fingerprint density at radius 3 is 2.20 bits per heavy atom. The molecule has 0 aliphatic heterocycles. The van der Waals surface area contributed by atoms with E-state index >= 15 is 0 Å². The fraction of sp³-hybridized carbons (Fsp3) is 0.111. The van der Waals surface area contributed by atoms with E-state index in [0.29, 0.717) is 5.56 Å². The normalized spacial score (nSPS) is 10.5. The number of isothiocyanates is 1. The summed E-state index contributed by atoms with van der Waals surface area (Å²) >= 11 is 3.70. The van der Waals surface area contributed by atoms with Crippen molar-refractivity contribution < 1.29 is 29.4 Å². The Morgan fingerprint density at radius 2 is 1.60 bits per heavy atom. The summed E-state index contributed by atoms with van der Waals surface area (Å²) in [6.45, 7) is 0. The van der Waals surface area contributed by atoms with Gasteiger partial charge >= 0.3 is 19.5 Å². The van der Waals surface area contributed by atoms with Crippen LogP contribution in [0.15, 0.2) is 96.1 Å². The van der Waals surface area contributed by atoms with Gasteiger partial charge in [0.05, 0.1) is 5.69 Å². The second-order valence-electron chi connectivity index (χ2n) is 7.20. The van der Waals surface area contributed by atoms with Gasteiger partial charge in [0.2, 0.25) is 6.41 Å². The Bertz CT molecular complexity index is 1210. The molecular formula is C27H24N4O2SZn. The Labute approximate surface area is 223 Å². The number of rotatable bonds is 5. The number of thiocarbonyl (C=S) groups is 1. The third-order valence-electron chi connectivity index (χ3n) is 4.58. The largest absolute Gasteiger partial charge is 2.00 e. The van der Waals surface area contributed by atoms with Gasteiger partial charge in [0, 0.05) is 26.5 Å². The van der Waals surface area contributed by atoms with Crippen molar-refractivity contribution in [3.8, 4) is 5.75 Å². The predicted molar refractivity (Wildman–Crippen MR) is 139 cm³/mol. The van der Waals surface area contributed by atoms with Crippen LogP contribution in [0, 0.1) is 0 Å². The molecule has 0 aliphatic carbocycles. The maximum absolute atomic E-state index is 12.4. The molecule has 0 saturated heterocycles. The molecule has 8 heteroatoms. The maximum Gasteiger partial charge on any atom is 2.00 e. The van der Waals surface area contributed by atoms with Crippen molar-refractivity contribution in [1.29, 1.82) is 0 Å². The van der Waals surface area contributed by atoms with E-state index in [4.69, 9.17) is 10.4 Å². The van der Waals surface area contributed by atoms with E-state index in [0.717, 1.165) is 28.4 Å². The summed E-state index contributed by atoms with van der Waals surface area (Å²) in [5, 5.41) is 22.8. The second kappa shape index (κ2) is 16.1. The van der Waals surface area contributed by atoms with Gasteiger partial charge in [-0.1, -0.05) is 90.8 Å².